The van der Waals surface area contributed by atoms with Crippen molar-refractivity contribution in [1.29, 1.82) is 0 Å². The summed E-state index contributed by atoms with van der Waals surface area (Å²) in [5, 5.41) is 3.64. The smallest absolute Gasteiger partial charge is 0.122 e. The lowest BCUT2D eigenvalue weighted by molar-refractivity contribution is 0.333. The van der Waals surface area contributed by atoms with Crippen molar-refractivity contribution in [3.8, 4) is 0 Å². The molecule has 1 aliphatic rings. The fraction of sp³-hybridized carbons (Fsp3) is 0.786. The van der Waals surface area contributed by atoms with Gasteiger partial charge in [-0.3, -0.25) is 0 Å². The molecule has 0 aliphatic heterocycles. The lowest BCUT2D eigenvalue weighted by atomic mass is 9.93. The third-order valence-electron chi connectivity index (χ3n) is 4.11. The van der Waals surface area contributed by atoms with Crippen LogP contribution in [0.1, 0.15) is 51.3 Å². The Morgan fingerprint density at radius 1 is 1.35 bits per heavy atom. The van der Waals surface area contributed by atoms with Gasteiger partial charge in [-0.2, -0.15) is 0 Å². The maximum atomic E-state index is 4.35. The molecule has 0 radical (unpaired) electrons. The zero-order valence-electron chi connectivity index (χ0n) is 11.2. The van der Waals surface area contributed by atoms with E-state index in [1.165, 1.54) is 38.5 Å². The Bertz CT molecular complexity index is 324. The van der Waals surface area contributed by atoms with E-state index in [9.17, 15) is 0 Å². The molecule has 96 valence electrons. The Balaban J connectivity index is 1.80. The average Bonchev–Trinajstić information content (AvgIpc) is 2.58. The highest BCUT2D eigenvalue weighted by molar-refractivity contribution is 4.91. The molecule has 0 amide bonds. The van der Waals surface area contributed by atoms with E-state index >= 15 is 0 Å². The molecule has 0 unspecified atom stereocenters. The van der Waals surface area contributed by atoms with Crippen molar-refractivity contribution < 1.29 is 0 Å². The molecule has 1 heterocycles. The minimum absolute atomic E-state index is 0.616. The first-order valence-electron chi connectivity index (χ1n) is 6.97. The van der Waals surface area contributed by atoms with Gasteiger partial charge in [-0.05, 0) is 25.7 Å². The summed E-state index contributed by atoms with van der Waals surface area (Å²) in [4.78, 5) is 4.35. The average molecular weight is 235 g/mol. The molecule has 1 fully saturated rings. The Kier molecular flexibility index (Phi) is 4.60. The van der Waals surface area contributed by atoms with Gasteiger partial charge in [-0.25, -0.2) is 4.98 Å². The molecule has 3 nitrogen and oxygen atoms in total. The second-order valence-corrected chi connectivity index (χ2v) is 5.38. The van der Waals surface area contributed by atoms with Gasteiger partial charge in [0.25, 0.3) is 0 Å². The van der Waals surface area contributed by atoms with Crippen molar-refractivity contribution in [3.63, 3.8) is 0 Å². The summed E-state index contributed by atoms with van der Waals surface area (Å²) in [7, 11) is 2.06. The first kappa shape index (κ1) is 12.6. The van der Waals surface area contributed by atoms with Crippen LogP contribution in [0.25, 0.3) is 0 Å². The van der Waals surface area contributed by atoms with E-state index < -0.39 is 0 Å². The number of rotatable bonds is 4. The molecule has 2 rings (SSSR count). The van der Waals surface area contributed by atoms with Crippen LogP contribution >= 0.6 is 0 Å². The van der Waals surface area contributed by atoms with Crippen molar-refractivity contribution in [3.05, 3.63) is 18.2 Å². The highest BCUT2D eigenvalue weighted by Gasteiger charge is 2.18. The summed E-state index contributed by atoms with van der Waals surface area (Å²) in [5.41, 5.74) is 0. The Morgan fingerprint density at radius 2 is 2.06 bits per heavy atom. The molecule has 3 heteroatoms. The summed E-state index contributed by atoms with van der Waals surface area (Å²) in [6.45, 7) is 3.22. The summed E-state index contributed by atoms with van der Waals surface area (Å²) in [6.07, 6.45) is 12.4. The zero-order chi connectivity index (χ0) is 12.1. The maximum Gasteiger partial charge on any atom is 0.122 e. The first-order valence-corrected chi connectivity index (χ1v) is 6.97. The monoisotopic (exact) mass is 235 g/mol. The van der Waals surface area contributed by atoms with Crippen LogP contribution in [0.2, 0.25) is 0 Å². The molecule has 1 aromatic rings. The van der Waals surface area contributed by atoms with Gasteiger partial charge in [0, 0.05) is 25.5 Å². The van der Waals surface area contributed by atoms with Gasteiger partial charge in [-0.15, -0.1) is 0 Å². The Hall–Kier alpha value is -0.830. The highest BCUT2D eigenvalue weighted by atomic mass is 15.1. The van der Waals surface area contributed by atoms with Crippen LogP contribution in [0.5, 0.6) is 0 Å². The van der Waals surface area contributed by atoms with E-state index in [4.69, 9.17) is 0 Å². The third-order valence-corrected chi connectivity index (χ3v) is 4.11. The minimum Gasteiger partial charge on any atom is -0.337 e. The third kappa shape index (κ3) is 3.56. The van der Waals surface area contributed by atoms with E-state index in [0.29, 0.717) is 6.04 Å². The number of nitrogens with zero attached hydrogens (tertiary/aromatic N) is 2. The molecule has 0 aromatic carbocycles. The second-order valence-electron chi connectivity index (χ2n) is 5.38. The van der Waals surface area contributed by atoms with Crippen molar-refractivity contribution in [1.82, 2.24) is 14.9 Å². The van der Waals surface area contributed by atoms with Crippen molar-refractivity contribution in [2.45, 2.75) is 58.0 Å². The van der Waals surface area contributed by atoms with Gasteiger partial charge < -0.3 is 9.88 Å². The van der Waals surface area contributed by atoms with E-state index in [1.54, 1.807) is 0 Å². The molecule has 1 aromatic heterocycles. The number of hydrogen-bond donors (Lipinski definition) is 1. The number of nitrogens with one attached hydrogen (secondary N) is 1. The lowest BCUT2D eigenvalue weighted by Gasteiger charge is -2.23. The molecule has 0 bridgehead atoms. The van der Waals surface area contributed by atoms with Gasteiger partial charge in [0.05, 0.1) is 6.54 Å². The van der Waals surface area contributed by atoms with Crippen LogP contribution in [-0.4, -0.2) is 15.6 Å². The number of aryl methyl sites for hydroxylation is 1. The van der Waals surface area contributed by atoms with Crippen molar-refractivity contribution in [2.75, 3.05) is 0 Å². The first-order chi connectivity index (χ1) is 8.27. The molecule has 17 heavy (non-hydrogen) atoms. The molecule has 1 atom stereocenters. The second kappa shape index (κ2) is 6.20. The van der Waals surface area contributed by atoms with Crippen molar-refractivity contribution in [2.24, 2.45) is 13.0 Å². The van der Waals surface area contributed by atoms with Crippen LogP contribution in [0.3, 0.4) is 0 Å². The minimum atomic E-state index is 0.616. The summed E-state index contributed by atoms with van der Waals surface area (Å²) >= 11 is 0. The van der Waals surface area contributed by atoms with Crippen LogP contribution in [-0.2, 0) is 13.6 Å². The van der Waals surface area contributed by atoms with Gasteiger partial charge in [-0.1, -0.05) is 25.7 Å². The molecule has 0 saturated heterocycles. The fourth-order valence-electron chi connectivity index (χ4n) is 2.80. The molecular weight excluding hydrogens is 210 g/mol. The molecule has 1 N–H and O–H groups in total. The summed E-state index contributed by atoms with van der Waals surface area (Å²) < 4.78 is 2.09. The van der Waals surface area contributed by atoms with Crippen LogP contribution < -0.4 is 5.32 Å². The highest BCUT2D eigenvalue weighted by Crippen LogP contribution is 2.25. The van der Waals surface area contributed by atoms with E-state index in [0.717, 1.165) is 18.3 Å². The summed E-state index contributed by atoms with van der Waals surface area (Å²) in [5.74, 6) is 1.99. The largest absolute Gasteiger partial charge is 0.337 e. The molecule has 1 saturated carbocycles. The number of hydrogen-bond acceptors (Lipinski definition) is 2. The predicted octanol–water partition coefficient (Wildman–Crippen LogP) is 2.87. The molecule has 1 aliphatic carbocycles. The number of aromatic nitrogens is 2. The lowest BCUT2D eigenvalue weighted by Crippen LogP contribution is -2.33. The molecule has 0 spiro atoms. The Labute approximate surface area is 105 Å². The van der Waals surface area contributed by atoms with Crippen LogP contribution in [0.4, 0.5) is 0 Å². The zero-order valence-corrected chi connectivity index (χ0v) is 11.2. The van der Waals surface area contributed by atoms with Gasteiger partial charge in [0.2, 0.25) is 0 Å². The number of imidazole rings is 1. The van der Waals surface area contributed by atoms with Gasteiger partial charge in [0.15, 0.2) is 0 Å². The Morgan fingerprint density at radius 3 is 2.65 bits per heavy atom. The van der Waals surface area contributed by atoms with Crippen molar-refractivity contribution >= 4 is 0 Å². The van der Waals surface area contributed by atoms with Gasteiger partial charge in [0.1, 0.15) is 5.82 Å². The quantitative estimate of drug-likeness (QED) is 0.813. The van der Waals surface area contributed by atoms with E-state index in [1.807, 2.05) is 12.4 Å². The van der Waals surface area contributed by atoms with E-state index in [-0.39, 0.29) is 0 Å². The summed E-state index contributed by atoms with van der Waals surface area (Å²) in [6, 6.07) is 0.616. The van der Waals surface area contributed by atoms with Crippen LogP contribution in [0.15, 0.2) is 12.4 Å². The fourth-order valence-corrected chi connectivity index (χ4v) is 2.80. The predicted molar refractivity (Wildman–Crippen MR) is 70.7 cm³/mol. The standard InChI is InChI=1S/C14H25N3/c1-12(13-7-5-3-4-6-8-13)16-11-14-15-9-10-17(14)2/h9-10,12-13,16H,3-8,11H2,1-2H3/t12-/m0/s1. The normalized spacial score (nSPS) is 20.1. The maximum absolute atomic E-state index is 4.35. The molecular formula is C14H25N3. The van der Waals surface area contributed by atoms with E-state index in [2.05, 4.69) is 28.8 Å². The van der Waals surface area contributed by atoms with Crippen LogP contribution in [0, 0.1) is 5.92 Å². The SMILES string of the molecule is C[C@H](NCc1nccn1C)C1CCCCCC1. The van der Waals surface area contributed by atoms with Gasteiger partial charge >= 0.3 is 0 Å². The topological polar surface area (TPSA) is 29.9 Å².